The largest absolute Gasteiger partial charge is 0.494 e. The molecule has 7 nitrogen and oxygen atoms in total. The van der Waals surface area contributed by atoms with Gasteiger partial charge in [0.15, 0.2) is 0 Å². The Balaban J connectivity index is 1.38. The van der Waals surface area contributed by atoms with Gasteiger partial charge in [-0.2, -0.15) is 0 Å². The Morgan fingerprint density at radius 2 is 1.90 bits per heavy atom. The number of benzene rings is 1. The van der Waals surface area contributed by atoms with E-state index in [0.717, 1.165) is 22.8 Å². The van der Waals surface area contributed by atoms with Crippen molar-refractivity contribution < 1.29 is 9.53 Å². The van der Waals surface area contributed by atoms with Crippen molar-refractivity contribution in [1.82, 2.24) is 19.4 Å². The molecule has 0 saturated carbocycles. The first-order valence-corrected chi connectivity index (χ1v) is 9.45. The number of anilines is 1. The summed E-state index contributed by atoms with van der Waals surface area (Å²) in [7, 11) is 0. The third-order valence-corrected chi connectivity index (χ3v) is 4.41. The maximum Gasteiger partial charge on any atom is 0.229 e. The number of amides is 1. The molecule has 3 heterocycles. The molecule has 0 bridgehead atoms. The molecule has 1 N–H and O–H groups in total. The Hall–Kier alpha value is -3.74. The highest BCUT2D eigenvalue weighted by Crippen LogP contribution is 2.23. The number of nitrogens with one attached hydrogen (secondary N) is 1. The molecule has 4 aromatic rings. The quantitative estimate of drug-likeness (QED) is 0.487. The van der Waals surface area contributed by atoms with E-state index in [1.165, 1.54) is 0 Å². The number of aromatic nitrogens is 4. The fourth-order valence-corrected chi connectivity index (χ4v) is 3.10. The van der Waals surface area contributed by atoms with E-state index >= 15 is 0 Å². The summed E-state index contributed by atoms with van der Waals surface area (Å²) in [5.74, 6) is 0.933. The van der Waals surface area contributed by atoms with Gasteiger partial charge in [-0.1, -0.05) is 24.3 Å². The number of pyridine rings is 1. The summed E-state index contributed by atoms with van der Waals surface area (Å²) in [6, 6.07) is 17.2. The molecule has 1 aromatic carbocycles. The van der Waals surface area contributed by atoms with Gasteiger partial charge in [0.2, 0.25) is 11.9 Å². The van der Waals surface area contributed by atoms with E-state index in [0.29, 0.717) is 25.1 Å². The number of imidazole rings is 1. The number of aryl methyl sites for hydroxylation is 1. The Bertz CT molecular complexity index is 1120. The molecule has 0 fully saturated rings. The van der Waals surface area contributed by atoms with Crippen LogP contribution in [0.5, 0.6) is 5.75 Å². The van der Waals surface area contributed by atoms with Crippen LogP contribution in [-0.4, -0.2) is 31.9 Å². The van der Waals surface area contributed by atoms with Gasteiger partial charge in [0.25, 0.3) is 0 Å². The summed E-state index contributed by atoms with van der Waals surface area (Å²) >= 11 is 0. The zero-order valence-corrected chi connectivity index (χ0v) is 16.1. The van der Waals surface area contributed by atoms with Crippen molar-refractivity contribution in [1.29, 1.82) is 0 Å². The van der Waals surface area contributed by atoms with Crippen LogP contribution < -0.4 is 10.1 Å². The van der Waals surface area contributed by atoms with Gasteiger partial charge in [-0.05, 0) is 43.7 Å². The van der Waals surface area contributed by atoms with Gasteiger partial charge in [0, 0.05) is 18.8 Å². The Morgan fingerprint density at radius 3 is 2.76 bits per heavy atom. The molecule has 0 spiro atoms. The summed E-state index contributed by atoms with van der Waals surface area (Å²) in [5, 5.41) is 2.76. The molecule has 0 saturated heterocycles. The molecule has 0 aliphatic rings. The second-order valence-corrected chi connectivity index (χ2v) is 6.55. The minimum Gasteiger partial charge on any atom is -0.494 e. The SMILES string of the molecule is Cc1nc2ccccn2c1-c1ccnc(NC(=O)CCCOc2ccccc2)n1. The fourth-order valence-electron chi connectivity index (χ4n) is 3.10. The van der Waals surface area contributed by atoms with E-state index in [-0.39, 0.29) is 11.9 Å². The lowest BCUT2D eigenvalue weighted by Gasteiger charge is -2.07. The van der Waals surface area contributed by atoms with Crippen LogP contribution >= 0.6 is 0 Å². The van der Waals surface area contributed by atoms with Crippen LogP contribution in [0.1, 0.15) is 18.5 Å². The summed E-state index contributed by atoms with van der Waals surface area (Å²) in [4.78, 5) is 25.5. The molecule has 7 heteroatoms. The highest BCUT2D eigenvalue weighted by atomic mass is 16.5. The van der Waals surface area contributed by atoms with Crippen molar-refractivity contribution in [2.24, 2.45) is 0 Å². The number of para-hydroxylation sites is 1. The fraction of sp³-hybridized carbons (Fsp3) is 0.182. The third-order valence-electron chi connectivity index (χ3n) is 4.41. The van der Waals surface area contributed by atoms with Gasteiger partial charge in [0.1, 0.15) is 11.4 Å². The highest BCUT2D eigenvalue weighted by Gasteiger charge is 2.13. The Morgan fingerprint density at radius 1 is 1.07 bits per heavy atom. The molecule has 29 heavy (non-hydrogen) atoms. The predicted octanol–water partition coefficient (Wildman–Crippen LogP) is 3.90. The zero-order chi connectivity index (χ0) is 20.1. The summed E-state index contributed by atoms with van der Waals surface area (Å²) in [5.41, 5.74) is 3.31. The third kappa shape index (κ3) is 4.40. The lowest BCUT2D eigenvalue weighted by Crippen LogP contribution is -2.15. The molecule has 0 atom stereocenters. The number of hydrogen-bond acceptors (Lipinski definition) is 5. The van der Waals surface area contributed by atoms with Crippen LogP contribution in [0.2, 0.25) is 0 Å². The van der Waals surface area contributed by atoms with Crippen molar-refractivity contribution in [2.45, 2.75) is 19.8 Å². The molecule has 0 radical (unpaired) electrons. The molecular formula is C22H21N5O2. The Kier molecular flexibility index (Phi) is 5.47. The van der Waals surface area contributed by atoms with Crippen molar-refractivity contribution >= 4 is 17.5 Å². The topological polar surface area (TPSA) is 81.4 Å². The van der Waals surface area contributed by atoms with Crippen LogP contribution in [-0.2, 0) is 4.79 Å². The summed E-state index contributed by atoms with van der Waals surface area (Å²) < 4.78 is 7.58. The molecule has 146 valence electrons. The second-order valence-electron chi connectivity index (χ2n) is 6.55. The van der Waals surface area contributed by atoms with Crippen molar-refractivity contribution in [3.8, 4) is 17.1 Å². The summed E-state index contributed by atoms with van der Waals surface area (Å²) in [6.45, 7) is 2.41. The van der Waals surface area contributed by atoms with Crippen LogP contribution in [0.3, 0.4) is 0 Å². The normalized spacial score (nSPS) is 10.8. The molecule has 4 rings (SSSR count). The lowest BCUT2D eigenvalue weighted by atomic mass is 10.2. The average Bonchev–Trinajstić information content (AvgIpc) is 3.08. The monoisotopic (exact) mass is 387 g/mol. The van der Waals surface area contributed by atoms with Gasteiger partial charge in [-0.15, -0.1) is 0 Å². The van der Waals surface area contributed by atoms with E-state index in [9.17, 15) is 4.79 Å². The van der Waals surface area contributed by atoms with Gasteiger partial charge in [-0.3, -0.25) is 14.5 Å². The lowest BCUT2D eigenvalue weighted by molar-refractivity contribution is -0.116. The number of ether oxygens (including phenoxy) is 1. The number of carbonyl (C=O) groups excluding carboxylic acids is 1. The van der Waals surface area contributed by atoms with E-state index in [2.05, 4.69) is 20.3 Å². The molecule has 0 aliphatic carbocycles. The van der Waals surface area contributed by atoms with Crippen LogP contribution in [0.15, 0.2) is 67.0 Å². The van der Waals surface area contributed by atoms with Crippen LogP contribution in [0.25, 0.3) is 17.0 Å². The number of rotatable bonds is 7. The average molecular weight is 387 g/mol. The van der Waals surface area contributed by atoms with Crippen molar-refractivity contribution in [2.75, 3.05) is 11.9 Å². The van der Waals surface area contributed by atoms with E-state index < -0.39 is 0 Å². The second kappa shape index (κ2) is 8.52. The van der Waals surface area contributed by atoms with Crippen molar-refractivity contribution in [3.63, 3.8) is 0 Å². The number of carbonyl (C=O) groups is 1. The number of nitrogens with zero attached hydrogens (tertiary/aromatic N) is 4. The predicted molar refractivity (Wildman–Crippen MR) is 111 cm³/mol. The first-order valence-electron chi connectivity index (χ1n) is 9.45. The highest BCUT2D eigenvalue weighted by molar-refractivity contribution is 5.89. The minimum atomic E-state index is -0.145. The first-order chi connectivity index (χ1) is 14.2. The van der Waals surface area contributed by atoms with E-state index in [1.807, 2.05) is 72.1 Å². The van der Waals surface area contributed by atoms with Gasteiger partial charge in [0.05, 0.1) is 23.7 Å². The van der Waals surface area contributed by atoms with Gasteiger partial charge < -0.3 is 4.74 Å². The zero-order valence-electron chi connectivity index (χ0n) is 16.1. The van der Waals surface area contributed by atoms with Gasteiger partial charge in [-0.25, -0.2) is 15.0 Å². The number of hydrogen-bond donors (Lipinski definition) is 1. The van der Waals surface area contributed by atoms with Crippen LogP contribution in [0.4, 0.5) is 5.95 Å². The molecule has 0 unspecified atom stereocenters. The van der Waals surface area contributed by atoms with E-state index in [1.54, 1.807) is 6.20 Å². The molecule has 0 aliphatic heterocycles. The standard InChI is InChI=1S/C22H21N5O2/c1-16-21(27-14-6-5-10-19(27)24-16)18-12-13-23-22(25-18)26-20(28)11-7-15-29-17-8-3-2-4-9-17/h2-6,8-10,12-14H,7,11,15H2,1H3,(H,23,25,26,28). The molecular weight excluding hydrogens is 366 g/mol. The maximum absolute atomic E-state index is 12.2. The number of fused-ring (bicyclic) bond motifs is 1. The van der Waals surface area contributed by atoms with Crippen LogP contribution in [0, 0.1) is 6.92 Å². The first kappa shape index (κ1) is 18.6. The minimum absolute atomic E-state index is 0.145. The molecule has 1 amide bonds. The Labute approximate surface area is 168 Å². The summed E-state index contributed by atoms with van der Waals surface area (Å²) in [6.07, 6.45) is 4.51. The van der Waals surface area contributed by atoms with E-state index in [4.69, 9.17) is 4.74 Å². The maximum atomic E-state index is 12.2. The molecule has 3 aromatic heterocycles. The smallest absolute Gasteiger partial charge is 0.229 e. The van der Waals surface area contributed by atoms with Gasteiger partial charge >= 0.3 is 0 Å². The van der Waals surface area contributed by atoms with Crippen molar-refractivity contribution in [3.05, 3.63) is 72.7 Å².